The minimum atomic E-state index is -0.117. The van der Waals surface area contributed by atoms with E-state index in [1.54, 1.807) is 12.4 Å². The predicted octanol–water partition coefficient (Wildman–Crippen LogP) is 2.32. The minimum absolute atomic E-state index is 0.117. The van der Waals surface area contributed by atoms with Crippen LogP contribution in [0.25, 0.3) is 5.78 Å². The lowest BCUT2D eigenvalue weighted by Gasteiger charge is -2.27. The van der Waals surface area contributed by atoms with Gasteiger partial charge in [-0.15, -0.1) is 0 Å². The Kier molecular flexibility index (Phi) is 3.18. The molecule has 112 valence electrons. The van der Waals surface area contributed by atoms with Crippen molar-refractivity contribution in [2.75, 3.05) is 0 Å². The molecule has 1 aliphatic carbocycles. The molecule has 3 heterocycles. The van der Waals surface area contributed by atoms with Gasteiger partial charge in [-0.3, -0.25) is 9.78 Å². The summed E-state index contributed by atoms with van der Waals surface area (Å²) in [6.07, 6.45) is 8.60. The maximum absolute atomic E-state index is 12.7. The third-order valence-corrected chi connectivity index (χ3v) is 4.43. The number of hydrogen-bond acceptors (Lipinski definition) is 4. The lowest BCUT2D eigenvalue weighted by molar-refractivity contribution is 0.408. The number of H-pyrrole nitrogens is 1. The molecule has 6 nitrogen and oxygen atoms in total. The van der Waals surface area contributed by atoms with Gasteiger partial charge < -0.3 is 4.98 Å². The molecular weight excluding hydrogens is 302 g/mol. The molecule has 0 radical (unpaired) electrons. The van der Waals surface area contributed by atoms with E-state index in [0.29, 0.717) is 23.1 Å². The Morgan fingerprint density at radius 3 is 2.95 bits per heavy atom. The summed E-state index contributed by atoms with van der Waals surface area (Å²) < 4.78 is 1.31. The number of nitrogens with one attached hydrogen (secondary N) is 1. The Bertz CT molecular complexity index is 896. The van der Waals surface area contributed by atoms with Gasteiger partial charge in [0.15, 0.2) is 0 Å². The highest BCUT2D eigenvalue weighted by molar-refractivity contribution is 6.30. The standard InChI is InChI=1S/C15H14ClN5O/c16-11-4-9(6-17-7-11)5-12-13(10-2-1-3-10)20-15-18-8-19-21(15)14(12)22/h4,6-8,10H,1-3,5H2,(H,18,19,20). The zero-order valence-corrected chi connectivity index (χ0v) is 12.5. The first-order valence-electron chi connectivity index (χ1n) is 7.26. The molecule has 0 spiro atoms. The molecule has 0 aliphatic heterocycles. The second kappa shape index (κ2) is 5.21. The van der Waals surface area contributed by atoms with Crippen LogP contribution in [0.5, 0.6) is 0 Å². The van der Waals surface area contributed by atoms with Crippen LogP contribution < -0.4 is 5.56 Å². The summed E-state index contributed by atoms with van der Waals surface area (Å²) in [7, 11) is 0. The molecule has 0 unspecified atom stereocenters. The van der Waals surface area contributed by atoms with Crippen LogP contribution in [0, 0.1) is 0 Å². The van der Waals surface area contributed by atoms with E-state index >= 15 is 0 Å². The van der Waals surface area contributed by atoms with Crippen LogP contribution in [-0.4, -0.2) is 24.6 Å². The molecule has 1 fully saturated rings. The Labute approximate surface area is 131 Å². The zero-order valence-electron chi connectivity index (χ0n) is 11.8. The molecule has 7 heteroatoms. The highest BCUT2D eigenvalue weighted by Gasteiger charge is 2.26. The number of aromatic nitrogens is 5. The van der Waals surface area contributed by atoms with E-state index in [4.69, 9.17) is 11.6 Å². The summed E-state index contributed by atoms with van der Waals surface area (Å²) in [5, 5.41) is 4.57. The molecule has 4 rings (SSSR count). The summed E-state index contributed by atoms with van der Waals surface area (Å²) in [6.45, 7) is 0. The van der Waals surface area contributed by atoms with E-state index in [1.807, 2.05) is 6.07 Å². The molecule has 3 aromatic heterocycles. The predicted molar refractivity (Wildman–Crippen MR) is 82.3 cm³/mol. The second-order valence-electron chi connectivity index (χ2n) is 5.63. The number of halogens is 1. The van der Waals surface area contributed by atoms with Gasteiger partial charge in [-0.25, -0.2) is 0 Å². The average Bonchev–Trinajstić information content (AvgIpc) is 2.90. The normalized spacial score (nSPS) is 15.1. The van der Waals surface area contributed by atoms with Gasteiger partial charge in [0.1, 0.15) is 6.33 Å². The summed E-state index contributed by atoms with van der Waals surface area (Å²) in [6, 6.07) is 1.84. The molecule has 0 aromatic carbocycles. The number of fused-ring (bicyclic) bond motifs is 1. The Balaban J connectivity index is 1.86. The Morgan fingerprint density at radius 1 is 1.36 bits per heavy atom. The average molecular weight is 316 g/mol. The first-order valence-corrected chi connectivity index (χ1v) is 7.64. The molecule has 1 aliphatic rings. The van der Waals surface area contributed by atoms with Crippen molar-refractivity contribution in [2.45, 2.75) is 31.6 Å². The second-order valence-corrected chi connectivity index (χ2v) is 6.07. The van der Waals surface area contributed by atoms with Crippen molar-refractivity contribution in [1.29, 1.82) is 0 Å². The van der Waals surface area contributed by atoms with E-state index in [0.717, 1.165) is 29.7 Å². The monoisotopic (exact) mass is 315 g/mol. The van der Waals surface area contributed by atoms with E-state index in [1.165, 1.54) is 17.3 Å². The largest absolute Gasteiger partial charge is 0.327 e. The number of hydrogen-bond donors (Lipinski definition) is 1. The summed E-state index contributed by atoms with van der Waals surface area (Å²) in [4.78, 5) is 24.2. The lowest BCUT2D eigenvalue weighted by Crippen LogP contribution is -2.26. The smallest absolute Gasteiger partial charge is 0.279 e. The first kappa shape index (κ1) is 13.5. The topological polar surface area (TPSA) is 75.9 Å². The number of rotatable bonds is 3. The van der Waals surface area contributed by atoms with Crippen molar-refractivity contribution < 1.29 is 0 Å². The number of nitrogens with zero attached hydrogens (tertiary/aromatic N) is 4. The molecule has 0 amide bonds. The van der Waals surface area contributed by atoms with Crippen molar-refractivity contribution in [1.82, 2.24) is 24.6 Å². The van der Waals surface area contributed by atoms with Gasteiger partial charge in [0.2, 0.25) is 5.78 Å². The molecule has 3 aromatic rings. The first-order chi connectivity index (χ1) is 10.7. The molecular formula is C15H14ClN5O. The molecule has 0 saturated heterocycles. The van der Waals surface area contributed by atoms with Crippen LogP contribution in [0.3, 0.4) is 0 Å². The molecule has 1 N–H and O–H groups in total. The van der Waals surface area contributed by atoms with Crippen molar-refractivity contribution in [3.05, 3.63) is 57.0 Å². The number of aromatic amines is 1. The van der Waals surface area contributed by atoms with Crippen LogP contribution in [0.4, 0.5) is 0 Å². The van der Waals surface area contributed by atoms with Crippen LogP contribution >= 0.6 is 11.6 Å². The fourth-order valence-electron chi connectivity index (χ4n) is 2.89. The molecule has 22 heavy (non-hydrogen) atoms. The van der Waals surface area contributed by atoms with Crippen molar-refractivity contribution in [3.63, 3.8) is 0 Å². The third-order valence-electron chi connectivity index (χ3n) is 4.23. The fraction of sp³-hybridized carbons (Fsp3) is 0.333. The minimum Gasteiger partial charge on any atom is -0.327 e. The van der Waals surface area contributed by atoms with E-state index in [9.17, 15) is 4.79 Å². The van der Waals surface area contributed by atoms with Crippen molar-refractivity contribution in [2.24, 2.45) is 0 Å². The van der Waals surface area contributed by atoms with E-state index in [2.05, 4.69) is 20.1 Å². The van der Waals surface area contributed by atoms with Gasteiger partial charge in [-0.2, -0.15) is 14.6 Å². The van der Waals surface area contributed by atoms with Gasteiger partial charge in [0.05, 0.1) is 5.02 Å². The molecule has 0 bridgehead atoms. The van der Waals surface area contributed by atoms with Gasteiger partial charge in [-0.1, -0.05) is 18.0 Å². The quantitative estimate of drug-likeness (QED) is 0.804. The highest BCUT2D eigenvalue weighted by Crippen LogP contribution is 2.36. The lowest BCUT2D eigenvalue weighted by atomic mass is 9.80. The SMILES string of the molecule is O=c1c(Cc2cncc(Cl)c2)c(C2CCC2)[nH]c2ncnn12. The molecule has 1 saturated carbocycles. The summed E-state index contributed by atoms with van der Waals surface area (Å²) in [5.74, 6) is 0.899. The van der Waals surface area contributed by atoms with Gasteiger partial charge in [0, 0.05) is 30.1 Å². The van der Waals surface area contributed by atoms with Gasteiger partial charge in [-0.05, 0) is 30.4 Å². The zero-order chi connectivity index (χ0) is 15.1. The number of pyridine rings is 1. The van der Waals surface area contributed by atoms with Crippen LogP contribution in [0.2, 0.25) is 5.02 Å². The molecule has 0 atom stereocenters. The van der Waals surface area contributed by atoms with Crippen LogP contribution in [0.1, 0.15) is 42.0 Å². The van der Waals surface area contributed by atoms with E-state index in [-0.39, 0.29) is 5.56 Å². The van der Waals surface area contributed by atoms with Crippen LogP contribution in [0.15, 0.2) is 29.6 Å². The highest BCUT2D eigenvalue weighted by atomic mass is 35.5. The Hall–Kier alpha value is -2.21. The van der Waals surface area contributed by atoms with Crippen molar-refractivity contribution in [3.8, 4) is 0 Å². The third kappa shape index (κ3) is 2.20. The van der Waals surface area contributed by atoms with Crippen molar-refractivity contribution >= 4 is 17.4 Å². The maximum Gasteiger partial charge on any atom is 0.279 e. The Morgan fingerprint density at radius 2 is 2.23 bits per heavy atom. The summed E-state index contributed by atoms with van der Waals surface area (Å²) in [5.41, 5.74) is 2.51. The van der Waals surface area contributed by atoms with Gasteiger partial charge in [0.25, 0.3) is 5.56 Å². The van der Waals surface area contributed by atoms with Crippen LogP contribution in [-0.2, 0) is 6.42 Å². The fourth-order valence-corrected chi connectivity index (χ4v) is 3.08. The van der Waals surface area contributed by atoms with Gasteiger partial charge >= 0.3 is 0 Å². The summed E-state index contributed by atoms with van der Waals surface area (Å²) >= 11 is 5.99. The van der Waals surface area contributed by atoms with E-state index < -0.39 is 0 Å². The maximum atomic E-state index is 12.7.